The van der Waals surface area contributed by atoms with E-state index in [2.05, 4.69) is 20.5 Å². The Labute approximate surface area is 196 Å². The predicted octanol–water partition coefficient (Wildman–Crippen LogP) is 2.60. The van der Waals surface area contributed by atoms with Gasteiger partial charge in [0.15, 0.2) is 5.65 Å². The molecule has 3 aromatic heterocycles. The van der Waals surface area contributed by atoms with E-state index in [1.165, 1.54) is 0 Å². The van der Waals surface area contributed by atoms with Crippen molar-refractivity contribution in [2.75, 3.05) is 14.2 Å². The van der Waals surface area contributed by atoms with Crippen LogP contribution in [0.15, 0.2) is 42.9 Å². The molecule has 10 heteroatoms. The largest absolute Gasteiger partial charge is 0.480 e. The van der Waals surface area contributed by atoms with Crippen LogP contribution < -0.4 is 10.1 Å². The average Bonchev–Trinajstić information content (AvgIpc) is 3.44. The van der Waals surface area contributed by atoms with Gasteiger partial charge in [-0.05, 0) is 49.9 Å². The molecule has 1 aliphatic carbocycles. The number of ether oxygens (including phenoxy) is 1. The highest BCUT2D eigenvalue weighted by Crippen LogP contribution is 2.30. The fourth-order valence-corrected chi connectivity index (χ4v) is 4.66. The molecular formula is C24H27N7O3. The Hall–Kier alpha value is -3.95. The lowest BCUT2D eigenvalue weighted by atomic mass is 9.90. The monoisotopic (exact) mass is 461 g/mol. The molecule has 0 unspecified atom stereocenters. The van der Waals surface area contributed by atoms with Gasteiger partial charge in [-0.2, -0.15) is 14.9 Å². The summed E-state index contributed by atoms with van der Waals surface area (Å²) in [5.74, 6) is 0.464. The van der Waals surface area contributed by atoms with E-state index in [-0.39, 0.29) is 23.9 Å². The minimum absolute atomic E-state index is 0.0789. The Balaban J connectivity index is 1.37. The summed E-state index contributed by atoms with van der Waals surface area (Å²) in [5.41, 5.74) is 2.59. The van der Waals surface area contributed by atoms with Gasteiger partial charge in [-0.15, -0.1) is 0 Å². The molecule has 0 bridgehead atoms. The van der Waals surface area contributed by atoms with Crippen LogP contribution in [0.3, 0.4) is 0 Å². The van der Waals surface area contributed by atoms with Gasteiger partial charge in [0, 0.05) is 44.0 Å². The summed E-state index contributed by atoms with van der Waals surface area (Å²) in [4.78, 5) is 30.8. The highest BCUT2D eigenvalue weighted by molar-refractivity contribution is 5.99. The van der Waals surface area contributed by atoms with E-state index in [9.17, 15) is 9.59 Å². The van der Waals surface area contributed by atoms with Crippen LogP contribution in [0.4, 0.5) is 0 Å². The Morgan fingerprint density at radius 3 is 2.74 bits per heavy atom. The minimum Gasteiger partial charge on any atom is -0.480 e. The number of carbonyl (C=O) groups excluding carboxylic acids is 2. The van der Waals surface area contributed by atoms with Crippen LogP contribution in [-0.4, -0.2) is 67.3 Å². The number of aromatic nitrogens is 5. The summed E-state index contributed by atoms with van der Waals surface area (Å²) >= 11 is 0. The zero-order valence-electron chi connectivity index (χ0n) is 19.4. The number of carbonyl (C=O) groups is 2. The van der Waals surface area contributed by atoms with Gasteiger partial charge in [0.2, 0.25) is 11.8 Å². The van der Waals surface area contributed by atoms with Crippen LogP contribution in [0.5, 0.6) is 5.88 Å². The van der Waals surface area contributed by atoms with Gasteiger partial charge in [-0.1, -0.05) is 0 Å². The lowest BCUT2D eigenvalue weighted by Crippen LogP contribution is -2.44. The zero-order valence-corrected chi connectivity index (χ0v) is 19.4. The standard InChI is InChI=1S/C24H27N7O3/c1-15(32)29(2)18-8-6-17(7-9-18)27-23(33)16-5-10-20-19(13-16)24(34-3)31(28-20)21-14-26-30-12-4-11-25-22(21)30/h4-5,10-14,17-18H,6-9H2,1-3H3,(H,27,33). The van der Waals surface area contributed by atoms with Crippen LogP contribution in [0.25, 0.3) is 22.2 Å². The molecule has 1 saturated carbocycles. The minimum atomic E-state index is -0.127. The highest BCUT2D eigenvalue weighted by Gasteiger charge is 2.26. The van der Waals surface area contributed by atoms with Crippen molar-refractivity contribution in [3.63, 3.8) is 0 Å². The van der Waals surface area contributed by atoms with Crippen LogP contribution >= 0.6 is 0 Å². The average molecular weight is 462 g/mol. The third kappa shape index (κ3) is 3.85. The molecule has 176 valence electrons. The van der Waals surface area contributed by atoms with Crippen molar-refractivity contribution in [3.8, 4) is 11.6 Å². The Morgan fingerprint density at radius 1 is 1.21 bits per heavy atom. The van der Waals surface area contributed by atoms with Crippen molar-refractivity contribution < 1.29 is 14.3 Å². The van der Waals surface area contributed by atoms with E-state index in [1.807, 2.05) is 19.3 Å². The first kappa shape index (κ1) is 21.9. The molecule has 2 amide bonds. The van der Waals surface area contributed by atoms with Gasteiger partial charge in [0.1, 0.15) is 5.69 Å². The molecule has 1 aliphatic rings. The molecule has 1 aromatic carbocycles. The smallest absolute Gasteiger partial charge is 0.251 e. The van der Waals surface area contributed by atoms with E-state index in [0.29, 0.717) is 28.3 Å². The van der Waals surface area contributed by atoms with Crippen LogP contribution in [0.2, 0.25) is 0 Å². The highest BCUT2D eigenvalue weighted by atomic mass is 16.5. The number of methoxy groups -OCH3 is 1. The Bertz CT molecular complexity index is 1370. The van der Waals surface area contributed by atoms with Crippen molar-refractivity contribution in [1.29, 1.82) is 0 Å². The Kier molecular flexibility index (Phi) is 5.64. The SMILES string of the molecule is COc1c2cc(C(=O)NC3CCC(N(C)C(C)=O)CC3)ccc2nn1-c1cnn2cccnc12. The van der Waals surface area contributed by atoms with E-state index in [4.69, 9.17) is 4.74 Å². The third-order valence-electron chi connectivity index (χ3n) is 6.65. The molecule has 0 aliphatic heterocycles. The van der Waals surface area contributed by atoms with Crippen molar-refractivity contribution in [3.05, 3.63) is 48.4 Å². The molecule has 0 saturated heterocycles. The first-order chi connectivity index (χ1) is 16.5. The zero-order chi connectivity index (χ0) is 23.8. The van der Waals surface area contributed by atoms with Crippen molar-refractivity contribution in [2.45, 2.75) is 44.7 Å². The fraction of sp³-hybridized carbons (Fsp3) is 0.375. The lowest BCUT2D eigenvalue weighted by molar-refractivity contribution is -0.130. The molecule has 3 heterocycles. The van der Waals surface area contributed by atoms with Gasteiger partial charge < -0.3 is 15.0 Å². The molecule has 10 nitrogen and oxygen atoms in total. The number of rotatable bonds is 5. The van der Waals surface area contributed by atoms with Gasteiger partial charge in [0.25, 0.3) is 5.91 Å². The van der Waals surface area contributed by atoms with E-state index in [0.717, 1.165) is 31.1 Å². The molecule has 0 spiro atoms. The summed E-state index contributed by atoms with van der Waals surface area (Å²) < 4.78 is 9.01. The molecular weight excluding hydrogens is 434 g/mol. The van der Waals surface area contributed by atoms with Crippen molar-refractivity contribution >= 4 is 28.4 Å². The van der Waals surface area contributed by atoms with Crippen molar-refractivity contribution in [1.82, 2.24) is 34.6 Å². The first-order valence-electron chi connectivity index (χ1n) is 11.4. The van der Waals surface area contributed by atoms with E-state index >= 15 is 0 Å². The second-order valence-corrected chi connectivity index (χ2v) is 8.68. The molecule has 4 aromatic rings. The van der Waals surface area contributed by atoms with E-state index < -0.39 is 0 Å². The van der Waals surface area contributed by atoms with Crippen LogP contribution in [-0.2, 0) is 4.79 Å². The first-order valence-corrected chi connectivity index (χ1v) is 11.4. The lowest BCUT2D eigenvalue weighted by Gasteiger charge is -2.34. The maximum Gasteiger partial charge on any atom is 0.251 e. The van der Waals surface area contributed by atoms with Crippen molar-refractivity contribution in [2.24, 2.45) is 0 Å². The number of hydrogen-bond acceptors (Lipinski definition) is 6. The summed E-state index contributed by atoms with van der Waals surface area (Å²) in [6.07, 6.45) is 8.66. The molecule has 1 fully saturated rings. The number of fused-ring (bicyclic) bond motifs is 2. The fourth-order valence-electron chi connectivity index (χ4n) is 4.66. The molecule has 5 rings (SSSR count). The van der Waals surface area contributed by atoms with E-state index in [1.54, 1.807) is 58.7 Å². The predicted molar refractivity (Wildman–Crippen MR) is 126 cm³/mol. The molecule has 34 heavy (non-hydrogen) atoms. The van der Waals surface area contributed by atoms with Crippen LogP contribution in [0.1, 0.15) is 43.0 Å². The second-order valence-electron chi connectivity index (χ2n) is 8.68. The van der Waals surface area contributed by atoms with Gasteiger partial charge >= 0.3 is 0 Å². The second kappa shape index (κ2) is 8.77. The number of amides is 2. The maximum absolute atomic E-state index is 13.0. The van der Waals surface area contributed by atoms with Gasteiger partial charge in [-0.25, -0.2) is 9.50 Å². The quantitative estimate of drug-likeness (QED) is 0.490. The normalized spacial score (nSPS) is 18.2. The third-order valence-corrected chi connectivity index (χ3v) is 6.65. The Morgan fingerprint density at radius 2 is 2.00 bits per heavy atom. The maximum atomic E-state index is 13.0. The van der Waals surface area contributed by atoms with Gasteiger partial charge in [-0.3, -0.25) is 9.59 Å². The number of nitrogens with one attached hydrogen (secondary N) is 1. The molecule has 0 atom stereocenters. The number of nitrogens with zero attached hydrogens (tertiary/aromatic N) is 6. The topological polar surface area (TPSA) is 107 Å². The van der Waals surface area contributed by atoms with Gasteiger partial charge in [0.05, 0.1) is 24.2 Å². The number of benzene rings is 1. The molecule has 1 N–H and O–H groups in total. The number of hydrogen-bond donors (Lipinski definition) is 1. The molecule has 0 radical (unpaired) electrons. The summed E-state index contributed by atoms with van der Waals surface area (Å²) in [6, 6.07) is 7.54. The summed E-state index contributed by atoms with van der Waals surface area (Å²) in [5, 5.41) is 12.9. The summed E-state index contributed by atoms with van der Waals surface area (Å²) in [7, 11) is 3.42. The summed E-state index contributed by atoms with van der Waals surface area (Å²) in [6.45, 7) is 1.59. The van der Waals surface area contributed by atoms with Crippen LogP contribution in [0, 0.1) is 0 Å².